The van der Waals surface area contributed by atoms with Gasteiger partial charge in [0, 0.05) is 10.9 Å². The summed E-state index contributed by atoms with van der Waals surface area (Å²) < 4.78 is 5.44. The highest BCUT2D eigenvalue weighted by molar-refractivity contribution is 5.98. The molecule has 0 radical (unpaired) electrons. The Labute approximate surface area is 140 Å². The first kappa shape index (κ1) is 15.7. The number of benzene rings is 2. The van der Waals surface area contributed by atoms with E-state index in [4.69, 9.17) is 10.00 Å². The van der Waals surface area contributed by atoms with Gasteiger partial charge < -0.3 is 4.74 Å². The van der Waals surface area contributed by atoms with Crippen LogP contribution >= 0.6 is 0 Å². The minimum absolute atomic E-state index is 0.0638. The van der Waals surface area contributed by atoms with Crippen LogP contribution in [-0.4, -0.2) is 11.0 Å². The van der Waals surface area contributed by atoms with Crippen molar-refractivity contribution in [3.05, 3.63) is 76.5 Å². The molecule has 0 saturated heterocycles. The Morgan fingerprint density at radius 2 is 1.83 bits per heavy atom. The van der Waals surface area contributed by atoms with Crippen LogP contribution in [0.3, 0.4) is 0 Å². The molecule has 1 aromatic heterocycles. The summed E-state index contributed by atoms with van der Waals surface area (Å²) in [6.45, 7) is 3.77. The van der Waals surface area contributed by atoms with Crippen LogP contribution in [-0.2, 0) is 11.3 Å². The van der Waals surface area contributed by atoms with Crippen molar-refractivity contribution in [3.8, 4) is 6.07 Å². The van der Waals surface area contributed by atoms with Crippen LogP contribution in [0.15, 0.2) is 48.5 Å². The molecule has 0 spiro atoms. The van der Waals surface area contributed by atoms with Gasteiger partial charge in [-0.2, -0.15) is 5.26 Å². The molecule has 0 unspecified atom stereocenters. The normalized spacial score (nSPS) is 10.4. The molecule has 3 aromatic rings. The second kappa shape index (κ2) is 6.51. The largest absolute Gasteiger partial charge is 0.457 e. The lowest BCUT2D eigenvalue weighted by molar-refractivity contribution is 0.0470. The highest BCUT2D eigenvalue weighted by Crippen LogP contribution is 2.23. The predicted molar refractivity (Wildman–Crippen MR) is 91.5 cm³/mol. The molecule has 0 aliphatic heterocycles. The topological polar surface area (TPSA) is 63.0 Å². The molecule has 1 heterocycles. The number of rotatable bonds is 3. The number of aryl methyl sites for hydroxylation is 2. The number of carbonyl (C=O) groups is 1. The van der Waals surface area contributed by atoms with Crippen molar-refractivity contribution in [1.29, 1.82) is 5.26 Å². The number of carbonyl (C=O) groups excluding carboxylic acids is 1. The number of pyridine rings is 1. The molecule has 0 atom stereocenters. The number of ether oxygens (including phenoxy) is 1. The van der Waals surface area contributed by atoms with E-state index in [-0.39, 0.29) is 6.61 Å². The summed E-state index contributed by atoms with van der Waals surface area (Å²) in [7, 11) is 0. The maximum Gasteiger partial charge on any atom is 0.340 e. The van der Waals surface area contributed by atoms with Crippen molar-refractivity contribution < 1.29 is 9.53 Å². The molecule has 0 aliphatic rings. The van der Waals surface area contributed by atoms with Crippen LogP contribution < -0.4 is 0 Å². The zero-order valence-corrected chi connectivity index (χ0v) is 13.5. The van der Waals surface area contributed by atoms with Crippen LogP contribution in [0, 0.1) is 25.2 Å². The van der Waals surface area contributed by atoms with Gasteiger partial charge in [0.05, 0.1) is 28.4 Å². The molecule has 24 heavy (non-hydrogen) atoms. The van der Waals surface area contributed by atoms with Crippen LogP contribution in [0.1, 0.15) is 32.7 Å². The summed E-state index contributed by atoms with van der Waals surface area (Å²) >= 11 is 0. The minimum Gasteiger partial charge on any atom is -0.457 e. The maximum atomic E-state index is 12.6. The standard InChI is InChI=1S/C20H16N2O2/c1-13-17-9-5-6-10-18(17)22-14(2)19(13)20(23)24-12-16-8-4-3-7-15(16)11-21/h3-10H,12H2,1-2H3. The summed E-state index contributed by atoms with van der Waals surface area (Å²) in [6, 6.07) is 16.9. The molecule has 2 aromatic carbocycles. The number of para-hydroxylation sites is 1. The minimum atomic E-state index is -0.420. The second-order valence-electron chi connectivity index (χ2n) is 5.56. The maximum absolute atomic E-state index is 12.6. The zero-order chi connectivity index (χ0) is 17.1. The van der Waals surface area contributed by atoms with Crippen LogP contribution in [0.4, 0.5) is 0 Å². The van der Waals surface area contributed by atoms with Crippen molar-refractivity contribution in [3.63, 3.8) is 0 Å². The summed E-state index contributed by atoms with van der Waals surface area (Å²) in [5.41, 5.74) is 4.05. The van der Waals surface area contributed by atoms with E-state index in [1.165, 1.54) is 0 Å². The first-order valence-corrected chi connectivity index (χ1v) is 7.63. The number of hydrogen-bond donors (Lipinski definition) is 0. The molecule has 0 amide bonds. The smallest absolute Gasteiger partial charge is 0.340 e. The summed E-state index contributed by atoms with van der Waals surface area (Å²) in [6.07, 6.45) is 0. The van der Waals surface area contributed by atoms with E-state index in [2.05, 4.69) is 11.1 Å². The lowest BCUT2D eigenvalue weighted by atomic mass is 10.0. The Morgan fingerprint density at radius 1 is 1.12 bits per heavy atom. The molecule has 0 fully saturated rings. The van der Waals surface area contributed by atoms with Gasteiger partial charge in [0.15, 0.2) is 0 Å². The molecule has 0 aliphatic carbocycles. The van der Waals surface area contributed by atoms with Gasteiger partial charge >= 0.3 is 5.97 Å². The number of nitrogens with zero attached hydrogens (tertiary/aromatic N) is 2. The third-order valence-electron chi connectivity index (χ3n) is 4.03. The SMILES string of the molecule is Cc1nc2ccccc2c(C)c1C(=O)OCc1ccccc1C#N. The predicted octanol–water partition coefficient (Wildman–Crippen LogP) is 4.08. The monoisotopic (exact) mass is 316 g/mol. The molecule has 0 bridgehead atoms. The lowest BCUT2D eigenvalue weighted by Crippen LogP contribution is -2.11. The Hall–Kier alpha value is -3.19. The Kier molecular flexibility index (Phi) is 4.26. The van der Waals surface area contributed by atoms with Gasteiger partial charge in [-0.1, -0.05) is 36.4 Å². The fourth-order valence-corrected chi connectivity index (χ4v) is 2.80. The van der Waals surface area contributed by atoms with Crippen molar-refractivity contribution in [1.82, 2.24) is 4.98 Å². The quantitative estimate of drug-likeness (QED) is 0.683. The van der Waals surface area contributed by atoms with E-state index in [9.17, 15) is 4.79 Å². The van der Waals surface area contributed by atoms with E-state index in [1.807, 2.05) is 37.3 Å². The van der Waals surface area contributed by atoms with Crippen molar-refractivity contribution in [2.24, 2.45) is 0 Å². The van der Waals surface area contributed by atoms with Crippen LogP contribution in [0.5, 0.6) is 0 Å². The van der Waals surface area contributed by atoms with Crippen molar-refractivity contribution in [2.45, 2.75) is 20.5 Å². The van der Waals surface area contributed by atoms with Gasteiger partial charge in [-0.3, -0.25) is 4.98 Å². The highest BCUT2D eigenvalue weighted by atomic mass is 16.5. The van der Waals surface area contributed by atoms with Gasteiger partial charge in [-0.05, 0) is 31.5 Å². The molecule has 3 rings (SSSR count). The molecule has 0 saturated carbocycles. The molecule has 4 heteroatoms. The number of hydrogen-bond acceptors (Lipinski definition) is 4. The zero-order valence-electron chi connectivity index (χ0n) is 13.5. The lowest BCUT2D eigenvalue weighted by Gasteiger charge is -2.12. The average molecular weight is 316 g/mol. The van der Waals surface area contributed by atoms with Gasteiger partial charge in [-0.15, -0.1) is 0 Å². The number of nitriles is 1. The van der Waals surface area contributed by atoms with E-state index >= 15 is 0 Å². The van der Waals surface area contributed by atoms with Gasteiger partial charge in [0.1, 0.15) is 6.61 Å². The molecular formula is C20H16N2O2. The van der Waals surface area contributed by atoms with E-state index in [0.717, 1.165) is 16.5 Å². The van der Waals surface area contributed by atoms with Crippen molar-refractivity contribution >= 4 is 16.9 Å². The summed E-state index contributed by atoms with van der Waals surface area (Å²) in [5.74, 6) is -0.420. The fourth-order valence-electron chi connectivity index (χ4n) is 2.80. The van der Waals surface area contributed by atoms with E-state index in [1.54, 1.807) is 25.1 Å². The Balaban J connectivity index is 1.91. The summed E-state index contributed by atoms with van der Waals surface area (Å²) in [4.78, 5) is 17.1. The summed E-state index contributed by atoms with van der Waals surface area (Å²) in [5, 5.41) is 10.0. The van der Waals surface area contributed by atoms with Crippen LogP contribution in [0.25, 0.3) is 10.9 Å². The number of aromatic nitrogens is 1. The van der Waals surface area contributed by atoms with Crippen molar-refractivity contribution in [2.75, 3.05) is 0 Å². The molecule has 0 N–H and O–H groups in total. The number of esters is 1. The Bertz CT molecular complexity index is 971. The highest BCUT2D eigenvalue weighted by Gasteiger charge is 2.18. The fraction of sp³-hybridized carbons (Fsp3) is 0.150. The first-order chi connectivity index (χ1) is 11.6. The van der Waals surface area contributed by atoms with Crippen LogP contribution in [0.2, 0.25) is 0 Å². The number of fused-ring (bicyclic) bond motifs is 1. The molecule has 118 valence electrons. The third kappa shape index (κ3) is 2.84. The van der Waals surface area contributed by atoms with Gasteiger partial charge in [0.25, 0.3) is 0 Å². The first-order valence-electron chi connectivity index (χ1n) is 7.63. The molecular weight excluding hydrogens is 300 g/mol. The van der Waals surface area contributed by atoms with E-state index < -0.39 is 5.97 Å². The Morgan fingerprint density at radius 3 is 2.62 bits per heavy atom. The third-order valence-corrected chi connectivity index (χ3v) is 4.03. The molecule has 4 nitrogen and oxygen atoms in total. The second-order valence-corrected chi connectivity index (χ2v) is 5.56. The average Bonchev–Trinajstić information content (AvgIpc) is 2.60. The van der Waals surface area contributed by atoms with Gasteiger partial charge in [-0.25, -0.2) is 4.79 Å². The van der Waals surface area contributed by atoms with Gasteiger partial charge in [0.2, 0.25) is 0 Å². The van der Waals surface area contributed by atoms with E-state index in [0.29, 0.717) is 22.4 Å².